The number of ether oxygens (including phenoxy) is 12. The molecule has 0 spiro atoms. The van der Waals surface area contributed by atoms with Gasteiger partial charge in [0.1, 0.15) is 75.9 Å². The first-order valence-electron chi connectivity index (χ1n) is 39.7. The van der Waals surface area contributed by atoms with E-state index in [-0.39, 0.29) is 172 Å². The Labute approximate surface area is 742 Å². The molecule has 6 unspecified atom stereocenters. The van der Waals surface area contributed by atoms with Crippen LogP contribution in [0.2, 0.25) is 0 Å². The predicted octanol–water partition coefficient (Wildman–Crippen LogP) is 17.9. The molecular weight excluding hydrogens is 1660 g/mol. The van der Waals surface area contributed by atoms with Crippen molar-refractivity contribution >= 4 is 149 Å². The van der Waals surface area contributed by atoms with Crippen LogP contribution in [0.1, 0.15) is 194 Å². The van der Waals surface area contributed by atoms with Crippen molar-refractivity contribution in [3.63, 3.8) is 0 Å². The van der Waals surface area contributed by atoms with Crippen LogP contribution in [0.3, 0.4) is 0 Å². The molecule has 118 heavy (non-hydrogen) atoms. The maximum atomic E-state index is 11.8. The molecule has 28 heteroatoms. The molecule has 0 saturated heterocycles. The lowest BCUT2D eigenvalue weighted by atomic mass is 9.68. The summed E-state index contributed by atoms with van der Waals surface area (Å²) in [6.07, 6.45) is 5.03. The number of fused-ring (bicyclic) bond motifs is 3. The third-order valence-electron chi connectivity index (χ3n) is 17.2. The number of thiol groups is 8. The quantitative estimate of drug-likeness (QED) is 0.00765. The summed E-state index contributed by atoms with van der Waals surface area (Å²) in [5.41, 5.74) is 8.47. The van der Waals surface area contributed by atoms with E-state index >= 15 is 0 Å². The normalized spacial score (nSPS) is 13.4. The minimum absolute atomic E-state index is 0.0154. The first-order valence-corrected chi connectivity index (χ1v) is 43.7. The van der Waals surface area contributed by atoms with Gasteiger partial charge < -0.3 is 56.8 Å². The van der Waals surface area contributed by atoms with Crippen molar-refractivity contribution in [3.8, 4) is 34.1 Å². The highest BCUT2D eigenvalue weighted by atomic mass is 32.1. The molecule has 0 radical (unpaired) electrons. The van der Waals surface area contributed by atoms with E-state index < -0.39 is 5.41 Å². The molecule has 0 bridgehead atoms. The highest BCUT2D eigenvalue weighted by Gasteiger charge is 2.46. The van der Waals surface area contributed by atoms with E-state index in [0.29, 0.717) is 89.7 Å². The number of unbranched alkanes of at least 4 members (excludes halogenated alkanes) is 2. The van der Waals surface area contributed by atoms with Crippen LogP contribution in [0.15, 0.2) is 146 Å². The molecule has 0 fully saturated rings. The third kappa shape index (κ3) is 41.6. The van der Waals surface area contributed by atoms with Gasteiger partial charge in [0.25, 0.3) is 0 Å². The molecule has 0 N–H and O–H groups in total. The Kier molecular flexibility index (Phi) is 47.7. The lowest BCUT2D eigenvalue weighted by molar-refractivity contribution is -0.146. The van der Waals surface area contributed by atoms with Crippen molar-refractivity contribution in [2.45, 2.75) is 212 Å². The molecule has 20 nitrogen and oxygen atoms in total. The van der Waals surface area contributed by atoms with Crippen LogP contribution in [-0.4, -0.2) is 168 Å². The number of hydrogen-bond acceptors (Lipinski definition) is 28. The zero-order valence-corrected chi connectivity index (χ0v) is 77.2. The van der Waals surface area contributed by atoms with E-state index in [2.05, 4.69) is 188 Å². The maximum absolute atomic E-state index is 11.8. The van der Waals surface area contributed by atoms with E-state index in [0.717, 1.165) is 33.8 Å². The summed E-state index contributed by atoms with van der Waals surface area (Å²) in [5.74, 6) is 0.744. The van der Waals surface area contributed by atoms with Gasteiger partial charge in [-0.15, -0.1) is 0 Å². The predicted molar refractivity (Wildman–Crippen MR) is 491 cm³/mol. The fourth-order valence-electron chi connectivity index (χ4n) is 11.8. The van der Waals surface area contributed by atoms with Gasteiger partial charge >= 0.3 is 47.8 Å². The van der Waals surface area contributed by atoms with Gasteiger partial charge in [0.2, 0.25) is 0 Å². The van der Waals surface area contributed by atoms with Gasteiger partial charge in [0.15, 0.2) is 0 Å². The molecule has 0 aliphatic heterocycles. The lowest BCUT2D eigenvalue weighted by Crippen LogP contribution is -2.28. The Bertz CT molecular complexity index is 3730. The first kappa shape index (κ1) is 103. The van der Waals surface area contributed by atoms with Gasteiger partial charge in [-0.1, -0.05) is 180 Å². The average Bonchev–Trinajstić information content (AvgIpc) is 1.54. The summed E-state index contributed by atoms with van der Waals surface area (Å²) in [6.45, 7) is 26.1. The van der Waals surface area contributed by atoms with E-state index in [4.69, 9.17) is 56.8 Å². The van der Waals surface area contributed by atoms with Crippen molar-refractivity contribution in [1.82, 2.24) is 0 Å². The Morgan fingerprint density at radius 1 is 0.288 bits per heavy atom. The second-order valence-corrected chi connectivity index (χ2v) is 38.1. The number of hydrogen-bond donors (Lipinski definition) is 8. The van der Waals surface area contributed by atoms with Gasteiger partial charge in [-0.2, -0.15) is 101 Å². The summed E-state index contributed by atoms with van der Waals surface area (Å²) in [5, 5.41) is -0.102. The molecule has 6 aromatic carbocycles. The van der Waals surface area contributed by atoms with Crippen molar-refractivity contribution in [1.29, 1.82) is 0 Å². The zero-order chi connectivity index (χ0) is 87.4. The summed E-state index contributed by atoms with van der Waals surface area (Å²) < 4.78 is 63.3. The largest absolute Gasteiger partial charge is 0.490 e. The topological polar surface area (TPSA) is 247 Å². The summed E-state index contributed by atoms with van der Waals surface area (Å²) in [7, 11) is 0. The van der Waals surface area contributed by atoms with Crippen LogP contribution in [-0.2, 0) is 87.1 Å². The van der Waals surface area contributed by atoms with Crippen LogP contribution >= 0.6 is 101 Å². The SMILES string of the molecule is CC(C)(S)CC(=O)OCCCCOC(=O)CC(C)(C)S.CC(S)CC(=O)OCCCCOC(=O)CC(C)S.CC(S)CC(=O)OCCOc1ccc(C(C)(C)c2ccc(OCCOC(=O)CC(C)S)cc2)cc1.CC(S)CC(=O)OCCOc1ccc(C2(c3ccc(OCCOC(=O)CC(C)S)cc3)c3ccccc3-c3ccccc32)cc1. The van der Waals surface area contributed by atoms with Gasteiger partial charge in [-0.25, -0.2) is 0 Å². The second-order valence-electron chi connectivity index (χ2n) is 30.4. The standard InChI is InChI=1S/C37H38O6S2.C27H36O6S2.C14H26O4S2.C12H22O4S2/c1-25(44)23-35(38)42-21-19-40-29-15-11-27(12-16-29)37(33-9-5-3-7-31(33)32-8-4-6-10-34(32)37)28-13-17-30(18-14-28)41-20-22-43-36(39)24-26(2)45;1-19(34)17-25(28)32-15-13-30-23-9-5-21(6-10-23)27(3,4)22-7-11-24(12-8-22)31-14-16-33-26(29)18-20(2)35;1-13(2,19)9-11(15)17-7-5-6-8-18-12(16)10-14(3,4)20;1-9(17)7-11(13)15-5-3-4-6-16-12(14)8-10(2)18/h3-18,25-26,44-45H,19-24H2,1-2H3;5-12,19-20,34-35H,13-18H2,1-4H3;19-20H,5-10H2,1-4H3;9-10,17-18H,3-8H2,1-2H3. The fraction of sp³-hybridized carbons (Fsp3) is 0.511. The molecule has 0 aromatic heterocycles. The smallest absolute Gasteiger partial charge is 0.307 e. The minimum atomic E-state index is -0.567. The Balaban J connectivity index is 0.000000355. The van der Waals surface area contributed by atoms with Crippen LogP contribution in [0, 0.1) is 0 Å². The third-order valence-corrected chi connectivity index (χ3v) is 18.6. The highest BCUT2D eigenvalue weighted by Crippen LogP contribution is 2.56. The monoisotopic (exact) mass is 1780 g/mol. The van der Waals surface area contributed by atoms with E-state index in [1.165, 1.54) is 22.3 Å². The summed E-state index contributed by atoms with van der Waals surface area (Å²) in [6, 6.07) is 49.2. The van der Waals surface area contributed by atoms with Crippen molar-refractivity contribution in [2.75, 3.05) is 79.3 Å². The summed E-state index contributed by atoms with van der Waals surface area (Å²) in [4.78, 5) is 91.8. The number of carbonyl (C=O) groups is 8. The molecule has 0 heterocycles. The molecule has 6 atom stereocenters. The molecule has 6 aromatic rings. The van der Waals surface area contributed by atoms with Gasteiger partial charge in [0, 0.05) is 46.4 Å². The van der Waals surface area contributed by atoms with Crippen LogP contribution < -0.4 is 18.9 Å². The van der Waals surface area contributed by atoms with Crippen molar-refractivity contribution < 1.29 is 95.2 Å². The van der Waals surface area contributed by atoms with Crippen molar-refractivity contribution in [2.24, 2.45) is 0 Å². The molecule has 7 rings (SSSR count). The molecule has 650 valence electrons. The zero-order valence-electron chi connectivity index (χ0n) is 70.0. The van der Waals surface area contributed by atoms with E-state index in [9.17, 15) is 38.4 Å². The molecule has 1 aliphatic carbocycles. The lowest BCUT2D eigenvalue weighted by Gasteiger charge is -2.34. The van der Waals surface area contributed by atoms with E-state index in [1.54, 1.807) is 0 Å². The van der Waals surface area contributed by atoms with Gasteiger partial charge in [-0.3, -0.25) is 38.4 Å². The summed E-state index contributed by atoms with van der Waals surface area (Å²) >= 11 is 33.6. The highest BCUT2D eigenvalue weighted by molar-refractivity contribution is 7.82. The van der Waals surface area contributed by atoms with Gasteiger partial charge in [-0.05, 0) is 119 Å². The molecular formula is C90H122O20S8. The fourth-order valence-corrected chi connectivity index (χ4v) is 12.9. The average molecular weight is 1780 g/mol. The minimum Gasteiger partial charge on any atom is -0.490 e. The Hall–Kier alpha value is -6.92. The molecule has 0 amide bonds. The van der Waals surface area contributed by atoms with Crippen LogP contribution in [0.4, 0.5) is 0 Å². The number of esters is 8. The number of carbonyl (C=O) groups excluding carboxylic acids is 8. The van der Waals surface area contributed by atoms with Gasteiger partial charge in [0.05, 0.1) is 83.2 Å². The Morgan fingerprint density at radius 3 is 0.729 bits per heavy atom. The number of benzene rings is 6. The maximum Gasteiger partial charge on any atom is 0.307 e. The van der Waals surface area contributed by atoms with Crippen molar-refractivity contribution in [3.05, 3.63) is 179 Å². The van der Waals surface area contributed by atoms with Crippen LogP contribution in [0.25, 0.3) is 11.1 Å². The Morgan fingerprint density at radius 2 is 0.500 bits per heavy atom. The number of rotatable bonds is 46. The molecule has 0 saturated carbocycles. The molecule has 1 aliphatic rings. The second kappa shape index (κ2) is 54.5. The van der Waals surface area contributed by atoms with E-state index in [1.807, 2.05) is 142 Å². The first-order chi connectivity index (χ1) is 55.8. The van der Waals surface area contributed by atoms with Crippen LogP contribution in [0.5, 0.6) is 23.0 Å².